The van der Waals surface area contributed by atoms with Crippen molar-refractivity contribution in [1.82, 2.24) is 10.2 Å². The number of carboxylic acids is 1. The van der Waals surface area contributed by atoms with Crippen LogP contribution in [-0.2, 0) is 19.1 Å². The molecule has 0 radical (unpaired) electrons. The molecular formula is C26H28N2O6. The van der Waals surface area contributed by atoms with E-state index in [0.717, 1.165) is 28.7 Å². The fourth-order valence-electron chi connectivity index (χ4n) is 5.46. The van der Waals surface area contributed by atoms with Crippen molar-refractivity contribution in [2.75, 3.05) is 33.4 Å². The molecular weight excluding hydrogens is 436 g/mol. The highest BCUT2D eigenvalue weighted by Gasteiger charge is 2.59. The predicted molar refractivity (Wildman–Crippen MR) is 123 cm³/mol. The number of nitrogens with one attached hydrogen (secondary N) is 1. The lowest BCUT2D eigenvalue weighted by Crippen LogP contribution is -2.50. The Labute approximate surface area is 197 Å². The van der Waals surface area contributed by atoms with Gasteiger partial charge in [0.25, 0.3) is 0 Å². The van der Waals surface area contributed by atoms with Crippen molar-refractivity contribution in [3.05, 3.63) is 59.7 Å². The summed E-state index contributed by atoms with van der Waals surface area (Å²) < 4.78 is 11.0. The van der Waals surface area contributed by atoms with Gasteiger partial charge in [-0.1, -0.05) is 48.5 Å². The number of carboxylic acid groups (broad SMARTS) is 1. The minimum absolute atomic E-state index is 0.0258. The number of amides is 2. The number of carbonyl (C=O) groups is 3. The van der Waals surface area contributed by atoms with Crippen LogP contribution in [0.2, 0.25) is 0 Å². The van der Waals surface area contributed by atoms with Crippen LogP contribution in [0.3, 0.4) is 0 Å². The van der Waals surface area contributed by atoms with Crippen molar-refractivity contribution in [3.8, 4) is 11.1 Å². The topological polar surface area (TPSA) is 105 Å². The highest BCUT2D eigenvalue weighted by atomic mass is 16.5. The van der Waals surface area contributed by atoms with E-state index in [4.69, 9.17) is 9.47 Å². The molecule has 8 nitrogen and oxygen atoms in total. The van der Waals surface area contributed by atoms with E-state index in [1.165, 1.54) is 4.90 Å². The number of carbonyl (C=O) groups excluding carboxylic acids is 2. The first-order chi connectivity index (χ1) is 16.4. The summed E-state index contributed by atoms with van der Waals surface area (Å²) >= 11 is 0. The molecule has 3 atom stereocenters. The first-order valence-corrected chi connectivity index (χ1v) is 11.5. The second kappa shape index (κ2) is 8.76. The van der Waals surface area contributed by atoms with Gasteiger partial charge in [0, 0.05) is 24.9 Å². The molecule has 1 aliphatic heterocycles. The molecule has 178 valence electrons. The number of hydrogen-bond donors (Lipinski definition) is 2. The first-order valence-electron chi connectivity index (χ1n) is 11.5. The van der Waals surface area contributed by atoms with Gasteiger partial charge in [0.05, 0.1) is 19.6 Å². The standard InChI is InChI=1S/C26H28N2O6/c1-28(14-26-11-16(26)12-33-15-26)24(31)22(10-23(29)30)27-25(32)34-13-21-19-8-4-2-6-17(19)18-7-3-5-9-20(18)21/h2-9,16,21-22H,10-15H2,1H3,(H,27,32)(H,29,30). The normalized spacial score (nSPS) is 22.8. The Hall–Kier alpha value is -3.39. The summed E-state index contributed by atoms with van der Waals surface area (Å²) in [5, 5.41) is 11.8. The van der Waals surface area contributed by atoms with Gasteiger partial charge in [-0.3, -0.25) is 9.59 Å². The van der Waals surface area contributed by atoms with E-state index in [1.54, 1.807) is 7.05 Å². The Morgan fingerprint density at radius 1 is 1.15 bits per heavy atom. The van der Waals surface area contributed by atoms with Gasteiger partial charge < -0.3 is 24.8 Å². The molecule has 1 saturated heterocycles. The third-order valence-electron chi connectivity index (χ3n) is 7.31. The van der Waals surface area contributed by atoms with Gasteiger partial charge >= 0.3 is 12.1 Å². The van der Waals surface area contributed by atoms with Crippen LogP contribution in [0.1, 0.15) is 29.9 Å². The Morgan fingerprint density at radius 3 is 2.35 bits per heavy atom. The molecule has 2 fully saturated rings. The molecule has 0 aromatic heterocycles. The smallest absolute Gasteiger partial charge is 0.407 e. The van der Waals surface area contributed by atoms with Gasteiger partial charge in [-0.25, -0.2) is 4.79 Å². The number of likely N-dealkylation sites (N-methyl/N-ethyl adjacent to an activating group) is 1. The molecule has 0 spiro atoms. The van der Waals surface area contributed by atoms with Crippen LogP contribution in [0.15, 0.2) is 48.5 Å². The largest absolute Gasteiger partial charge is 0.481 e. The Bertz CT molecular complexity index is 1090. The molecule has 2 aromatic carbocycles. The molecule has 3 aliphatic rings. The van der Waals surface area contributed by atoms with Gasteiger partial charge in [-0.15, -0.1) is 0 Å². The Morgan fingerprint density at radius 2 is 1.79 bits per heavy atom. The minimum Gasteiger partial charge on any atom is -0.481 e. The van der Waals surface area contributed by atoms with Gasteiger partial charge in [0.1, 0.15) is 12.6 Å². The van der Waals surface area contributed by atoms with E-state index in [1.807, 2.05) is 48.5 Å². The summed E-state index contributed by atoms with van der Waals surface area (Å²) in [6, 6.07) is 14.8. The third kappa shape index (κ3) is 4.14. The van der Waals surface area contributed by atoms with Gasteiger partial charge in [-0.05, 0) is 34.6 Å². The van der Waals surface area contributed by atoms with E-state index in [2.05, 4.69) is 5.32 Å². The molecule has 2 aliphatic carbocycles. The molecule has 5 rings (SSSR count). The van der Waals surface area contributed by atoms with Gasteiger partial charge in [-0.2, -0.15) is 0 Å². The average molecular weight is 465 g/mol. The van der Waals surface area contributed by atoms with Crippen LogP contribution in [0.5, 0.6) is 0 Å². The molecule has 2 amide bonds. The van der Waals surface area contributed by atoms with Crippen LogP contribution in [0, 0.1) is 11.3 Å². The van der Waals surface area contributed by atoms with Crippen LogP contribution >= 0.6 is 0 Å². The van der Waals surface area contributed by atoms with Crippen molar-refractivity contribution in [1.29, 1.82) is 0 Å². The molecule has 2 aromatic rings. The molecule has 2 N–H and O–H groups in total. The van der Waals surface area contributed by atoms with E-state index in [-0.39, 0.29) is 17.9 Å². The maximum atomic E-state index is 13.0. The number of benzene rings is 2. The van der Waals surface area contributed by atoms with Crippen LogP contribution in [0.25, 0.3) is 11.1 Å². The van der Waals surface area contributed by atoms with Crippen molar-refractivity contribution in [3.63, 3.8) is 0 Å². The SMILES string of the molecule is CN(CC12COCC1C2)C(=O)C(CC(=O)O)NC(=O)OCC1c2ccccc2-c2ccccc21. The molecule has 1 saturated carbocycles. The number of rotatable bonds is 8. The fraction of sp³-hybridized carbons (Fsp3) is 0.423. The summed E-state index contributed by atoms with van der Waals surface area (Å²) in [5.41, 5.74) is 4.35. The number of alkyl carbamates (subject to hydrolysis) is 1. The fourth-order valence-corrected chi connectivity index (χ4v) is 5.46. The monoisotopic (exact) mass is 464 g/mol. The van der Waals surface area contributed by atoms with Gasteiger partial charge in [0.15, 0.2) is 0 Å². The summed E-state index contributed by atoms with van der Waals surface area (Å²) in [7, 11) is 1.64. The highest BCUT2D eigenvalue weighted by molar-refractivity contribution is 5.89. The zero-order chi connectivity index (χ0) is 23.9. The van der Waals surface area contributed by atoms with E-state index in [9.17, 15) is 19.5 Å². The number of ether oxygens (including phenoxy) is 2. The molecule has 0 bridgehead atoms. The lowest BCUT2D eigenvalue weighted by molar-refractivity contribution is -0.142. The highest BCUT2D eigenvalue weighted by Crippen LogP contribution is 2.57. The number of hydrogen-bond acceptors (Lipinski definition) is 5. The number of nitrogens with zero attached hydrogens (tertiary/aromatic N) is 1. The Balaban J connectivity index is 1.23. The summed E-state index contributed by atoms with van der Waals surface area (Å²) in [6.07, 6.45) is -0.310. The van der Waals surface area contributed by atoms with Crippen LogP contribution in [-0.4, -0.2) is 67.4 Å². The predicted octanol–water partition coefficient (Wildman–Crippen LogP) is 2.86. The number of aliphatic carboxylic acids is 1. The van der Waals surface area contributed by atoms with Crippen molar-refractivity contribution >= 4 is 18.0 Å². The lowest BCUT2D eigenvalue weighted by atomic mass is 9.98. The van der Waals surface area contributed by atoms with E-state index >= 15 is 0 Å². The maximum absolute atomic E-state index is 13.0. The zero-order valence-corrected chi connectivity index (χ0v) is 19.0. The summed E-state index contributed by atoms with van der Waals surface area (Å²) in [6.45, 7) is 1.89. The summed E-state index contributed by atoms with van der Waals surface area (Å²) in [4.78, 5) is 38.5. The second-order valence-electron chi connectivity index (χ2n) is 9.59. The van der Waals surface area contributed by atoms with Crippen molar-refractivity contribution in [2.45, 2.75) is 24.8 Å². The van der Waals surface area contributed by atoms with Crippen LogP contribution in [0.4, 0.5) is 4.79 Å². The van der Waals surface area contributed by atoms with Crippen molar-refractivity contribution in [2.24, 2.45) is 11.3 Å². The molecule has 1 heterocycles. The van der Waals surface area contributed by atoms with Gasteiger partial charge in [0.2, 0.25) is 5.91 Å². The number of fused-ring (bicyclic) bond motifs is 4. The Kier molecular flexibility index (Phi) is 5.77. The lowest BCUT2D eigenvalue weighted by Gasteiger charge is -2.26. The zero-order valence-electron chi connectivity index (χ0n) is 19.0. The first kappa shape index (κ1) is 22.4. The molecule has 8 heteroatoms. The van der Waals surface area contributed by atoms with E-state index < -0.39 is 30.4 Å². The minimum atomic E-state index is -1.20. The average Bonchev–Trinajstić information content (AvgIpc) is 3.19. The van der Waals surface area contributed by atoms with E-state index in [0.29, 0.717) is 25.7 Å². The molecule has 34 heavy (non-hydrogen) atoms. The molecule has 3 unspecified atom stereocenters. The van der Waals surface area contributed by atoms with Crippen molar-refractivity contribution < 1.29 is 29.0 Å². The summed E-state index contributed by atoms with van der Waals surface area (Å²) in [5.74, 6) is -1.28. The van der Waals surface area contributed by atoms with Crippen LogP contribution < -0.4 is 5.32 Å². The quantitative estimate of drug-likeness (QED) is 0.623. The third-order valence-corrected chi connectivity index (χ3v) is 7.31. The second-order valence-corrected chi connectivity index (χ2v) is 9.59. The maximum Gasteiger partial charge on any atom is 0.407 e.